The van der Waals surface area contributed by atoms with E-state index >= 15 is 0 Å². The Morgan fingerprint density at radius 3 is 2.93 bits per heavy atom. The molecule has 0 bridgehead atoms. The normalized spacial score (nSPS) is 21.1. The van der Waals surface area contributed by atoms with Crippen LogP contribution in [0.3, 0.4) is 0 Å². The third-order valence-electron chi connectivity index (χ3n) is 2.74. The minimum absolute atomic E-state index is 0.0310. The molecule has 1 heterocycles. The van der Waals surface area contributed by atoms with Gasteiger partial charge in [0.2, 0.25) is 5.91 Å². The molecule has 1 fully saturated rings. The van der Waals surface area contributed by atoms with Gasteiger partial charge in [-0.1, -0.05) is 6.07 Å². The smallest absolute Gasteiger partial charge is 0.220 e. The Morgan fingerprint density at radius 1 is 1.47 bits per heavy atom. The summed E-state index contributed by atoms with van der Waals surface area (Å²) in [6, 6.07) is 4.78. The number of amides is 1. The van der Waals surface area contributed by atoms with Crippen molar-refractivity contribution in [1.29, 1.82) is 0 Å². The molecule has 80 valence electrons. The van der Waals surface area contributed by atoms with Gasteiger partial charge in [-0.15, -0.1) is 0 Å². The molecule has 0 aromatic heterocycles. The third kappa shape index (κ3) is 2.09. The van der Waals surface area contributed by atoms with E-state index in [1.807, 2.05) is 0 Å². The molecule has 0 aliphatic carbocycles. The van der Waals surface area contributed by atoms with Crippen molar-refractivity contribution in [2.24, 2.45) is 0 Å². The molecule has 0 radical (unpaired) electrons. The first-order chi connectivity index (χ1) is 7.16. The van der Waals surface area contributed by atoms with Crippen LogP contribution < -0.4 is 11.1 Å². The number of carbonyl (C=O) groups is 1. The molecule has 1 amide bonds. The highest BCUT2D eigenvalue weighted by Gasteiger charge is 2.20. The molecule has 15 heavy (non-hydrogen) atoms. The number of piperidine rings is 1. The molecule has 1 atom stereocenters. The second-order valence-corrected chi connectivity index (χ2v) is 3.82. The van der Waals surface area contributed by atoms with Crippen LogP contribution in [0.25, 0.3) is 0 Å². The maximum Gasteiger partial charge on any atom is 0.220 e. The van der Waals surface area contributed by atoms with Crippen molar-refractivity contribution in [3.8, 4) is 0 Å². The first-order valence-electron chi connectivity index (χ1n) is 4.98. The van der Waals surface area contributed by atoms with Crippen LogP contribution in [0.4, 0.5) is 10.1 Å². The van der Waals surface area contributed by atoms with Gasteiger partial charge in [0.15, 0.2) is 0 Å². The Hall–Kier alpha value is -1.58. The molecule has 0 spiro atoms. The second-order valence-electron chi connectivity index (χ2n) is 3.82. The lowest BCUT2D eigenvalue weighted by Gasteiger charge is -2.22. The number of carbonyl (C=O) groups excluding carboxylic acids is 1. The summed E-state index contributed by atoms with van der Waals surface area (Å²) >= 11 is 0. The number of benzene rings is 1. The zero-order chi connectivity index (χ0) is 10.8. The molecule has 1 aliphatic heterocycles. The summed E-state index contributed by atoms with van der Waals surface area (Å²) in [5.74, 6) is -0.254. The van der Waals surface area contributed by atoms with Crippen molar-refractivity contribution in [3.63, 3.8) is 0 Å². The molecule has 4 heteroatoms. The number of nitrogens with two attached hydrogens (primary N) is 1. The number of nitrogen functional groups attached to an aromatic ring is 1. The molecule has 1 aromatic rings. The molecule has 0 saturated carbocycles. The van der Waals surface area contributed by atoms with E-state index in [1.165, 1.54) is 6.07 Å². The highest BCUT2D eigenvalue weighted by molar-refractivity contribution is 5.77. The Kier molecular flexibility index (Phi) is 2.58. The maximum absolute atomic E-state index is 13.2. The first kappa shape index (κ1) is 9.96. The van der Waals surface area contributed by atoms with Crippen molar-refractivity contribution in [1.82, 2.24) is 5.32 Å². The van der Waals surface area contributed by atoms with Crippen LogP contribution in [0.15, 0.2) is 18.2 Å². The molecule has 2 rings (SSSR count). The van der Waals surface area contributed by atoms with E-state index in [0.717, 1.165) is 12.0 Å². The quantitative estimate of drug-likeness (QED) is 0.685. The lowest BCUT2D eigenvalue weighted by atomic mass is 9.90. The molecule has 1 saturated heterocycles. The van der Waals surface area contributed by atoms with Crippen LogP contribution in [0.5, 0.6) is 0 Å². The van der Waals surface area contributed by atoms with Crippen LogP contribution >= 0.6 is 0 Å². The van der Waals surface area contributed by atoms with E-state index in [1.54, 1.807) is 12.1 Å². The van der Waals surface area contributed by atoms with Crippen LogP contribution in [-0.2, 0) is 4.79 Å². The zero-order valence-electron chi connectivity index (χ0n) is 8.29. The van der Waals surface area contributed by atoms with E-state index in [-0.39, 0.29) is 17.5 Å². The van der Waals surface area contributed by atoms with E-state index in [0.29, 0.717) is 13.0 Å². The van der Waals surface area contributed by atoms with Gasteiger partial charge in [0.25, 0.3) is 0 Å². The fraction of sp³-hybridized carbons (Fsp3) is 0.364. The van der Waals surface area contributed by atoms with Crippen molar-refractivity contribution in [2.75, 3.05) is 12.3 Å². The third-order valence-corrected chi connectivity index (χ3v) is 2.74. The Labute approximate surface area is 87.5 Å². The Balaban J connectivity index is 2.21. The number of halogens is 1. The molecule has 1 aromatic carbocycles. The van der Waals surface area contributed by atoms with E-state index in [2.05, 4.69) is 5.32 Å². The number of hydrogen-bond acceptors (Lipinski definition) is 2. The summed E-state index contributed by atoms with van der Waals surface area (Å²) in [7, 11) is 0. The van der Waals surface area contributed by atoms with Crippen molar-refractivity contribution in [2.45, 2.75) is 18.8 Å². The number of nitrogens with one attached hydrogen (secondary N) is 1. The monoisotopic (exact) mass is 208 g/mol. The summed E-state index contributed by atoms with van der Waals surface area (Å²) in [6.07, 6.45) is 1.29. The van der Waals surface area contributed by atoms with Crippen LogP contribution in [0.2, 0.25) is 0 Å². The summed E-state index contributed by atoms with van der Waals surface area (Å²) < 4.78 is 13.2. The SMILES string of the molecule is Nc1ccc([C@H]2CCNC(=O)C2)cc1F. The van der Waals surface area contributed by atoms with Gasteiger partial charge < -0.3 is 11.1 Å². The summed E-state index contributed by atoms with van der Waals surface area (Å²) in [5.41, 5.74) is 6.40. The summed E-state index contributed by atoms with van der Waals surface area (Å²) in [5, 5.41) is 2.75. The standard InChI is InChI=1S/C11H13FN2O/c12-9-5-7(1-2-10(9)13)8-3-4-14-11(15)6-8/h1-2,5,8H,3-4,6,13H2,(H,14,15)/t8-/m0/s1. The van der Waals surface area contributed by atoms with Gasteiger partial charge in [0.1, 0.15) is 5.82 Å². The average Bonchev–Trinajstić information content (AvgIpc) is 2.22. The lowest BCUT2D eigenvalue weighted by Crippen LogP contribution is -2.32. The molecular weight excluding hydrogens is 195 g/mol. The fourth-order valence-corrected chi connectivity index (χ4v) is 1.87. The van der Waals surface area contributed by atoms with E-state index in [9.17, 15) is 9.18 Å². The Morgan fingerprint density at radius 2 is 2.27 bits per heavy atom. The van der Waals surface area contributed by atoms with Crippen molar-refractivity contribution >= 4 is 11.6 Å². The predicted octanol–water partition coefficient (Wildman–Crippen LogP) is 1.40. The molecule has 0 unspecified atom stereocenters. The zero-order valence-corrected chi connectivity index (χ0v) is 8.29. The lowest BCUT2D eigenvalue weighted by molar-refractivity contribution is -0.122. The minimum atomic E-state index is -0.404. The largest absolute Gasteiger partial charge is 0.396 e. The van der Waals surface area contributed by atoms with E-state index in [4.69, 9.17) is 5.73 Å². The van der Waals surface area contributed by atoms with Gasteiger partial charge in [0.05, 0.1) is 5.69 Å². The Bertz CT molecular complexity index is 392. The highest BCUT2D eigenvalue weighted by Crippen LogP contribution is 2.27. The van der Waals surface area contributed by atoms with Gasteiger partial charge in [0, 0.05) is 13.0 Å². The number of hydrogen-bond donors (Lipinski definition) is 2. The fourth-order valence-electron chi connectivity index (χ4n) is 1.87. The van der Waals surface area contributed by atoms with Gasteiger partial charge in [-0.25, -0.2) is 4.39 Å². The molecular formula is C11H13FN2O. The highest BCUT2D eigenvalue weighted by atomic mass is 19.1. The van der Waals surface area contributed by atoms with Crippen LogP contribution in [-0.4, -0.2) is 12.5 Å². The van der Waals surface area contributed by atoms with Crippen LogP contribution in [0, 0.1) is 5.82 Å². The summed E-state index contributed by atoms with van der Waals surface area (Å²) in [4.78, 5) is 11.2. The van der Waals surface area contributed by atoms with Crippen LogP contribution in [0.1, 0.15) is 24.3 Å². The van der Waals surface area contributed by atoms with Gasteiger partial charge in [-0.2, -0.15) is 0 Å². The van der Waals surface area contributed by atoms with Crippen molar-refractivity contribution in [3.05, 3.63) is 29.6 Å². The predicted molar refractivity (Wildman–Crippen MR) is 55.8 cm³/mol. The van der Waals surface area contributed by atoms with E-state index < -0.39 is 5.82 Å². The molecule has 1 aliphatic rings. The second kappa shape index (κ2) is 3.88. The maximum atomic E-state index is 13.2. The first-order valence-corrected chi connectivity index (χ1v) is 4.98. The average molecular weight is 208 g/mol. The van der Waals surface area contributed by atoms with Gasteiger partial charge in [-0.05, 0) is 30.0 Å². The van der Waals surface area contributed by atoms with Crippen molar-refractivity contribution < 1.29 is 9.18 Å². The van der Waals surface area contributed by atoms with Gasteiger partial charge >= 0.3 is 0 Å². The minimum Gasteiger partial charge on any atom is -0.396 e. The number of rotatable bonds is 1. The molecule has 3 nitrogen and oxygen atoms in total. The summed E-state index contributed by atoms with van der Waals surface area (Å²) in [6.45, 7) is 0.662. The number of anilines is 1. The van der Waals surface area contributed by atoms with Gasteiger partial charge in [-0.3, -0.25) is 4.79 Å². The molecule has 3 N–H and O–H groups in total. The topological polar surface area (TPSA) is 55.1 Å².